The fourth-order valence-electron chi connectivity index (χ4n) is 1.11. The second-order valence-corrected chi connectivity index (χ2v) is 4.27. The molecular weight excluding hydrogens is 257 g/mol. The molecule has 4 N–H and O–H groups in total. The van der Waals surface area contributed by atoms with Gasteiger partial charge in [0, 0.05) is 16.3 Å². The number of thiol groups is 1. The lowest BCUT2D eigenvalue weighted by molar-refractivity contribution is 0.0338. The van der Waals surface area contributed by atoms with Crippen LogP contribution >= 0.6 is 35.8 Å². The number of nitrogen functional groups attached to an aromatic ring is 1. The summed E-state index contributed by atoms with van der Waals surface area (Å²) in [5.74, 6) is 0.124. The number of rotatable bonds is 3. The molecule has 1 aromatic rings. The van der Waals surface area contributed by atoms with Crippen molar-refractivity contribution in [3.8, 4) is 0 Å². The number of nitrogens with two attached hydrogens (primary N) is 1. The third kappa shape index (κ3) is 2.92. The second-order valence-electron chi connectivity index (χ2n) is 3.09. The van der Waals surface area contributed by atoms with E-state index >= 15 is 0 Å². The Hall–Kier alpha value is -0.130. The van der Waals surface area contributed by atoms with Crippen LogP contribution in [0.1, 0.15) is 11.7 Å². The zero-order chi connectivity index (χ0) is 11.6. The van der Waals surface area contributed by atoms with E-state index in [1.807, 2.05) is 0 Å². The minimum Gasteiger partial charge on any atom is -0.397 e. The van der Waals surface area contributed by atoms with Crippen LogP contribution in [0.4, 0.5) is 5.69 Å². The van der Waals surface area contributed by atoms with Crippen molar-refractivity contribution < 1.29 is 10.2 Å². The highest BCUT2D eigenvalue weighted by molar-refractivity contribution is 7.80. The van der Waals surface area contributed by atoms with Crippen molar-refractivity contribution in [3.05, 3.63) is 27.7 Å². The summed E-state index contributed by atoms with van der Waals surface area (Å²) in [7, 11) is 0. The Morgan fingerprint density at radius 2 is 1.87 bits per heavy atom. The van der Waals surface area contributed by atoms with Gasteiger partial charge < -0.3 is 15.9 Å². The van der Waals surface area contributed by atoms with Gasteiger partial charge in [0.2, 0.25) is 0 Å². The van der Waals surface area contributed by atoms with E-state index in [0.717, 1.165) is 0 Å². The maximum Gasteiger partial charge on any atom is 0.107 e. The number of hydrogen-bond acceptors (Lipinski definition) is 4. The molecule has 84 valence electrons. The van der Waals surface area contributed by atoms with E-state index in [0.29, 0.717) is 16.3 Å². The normalized spacial score (nSPS) is 15.0. The summed E-state index contributed by atoms with van der Waals surface area (Å²) in [6.45, 7) is 0. The van der Waals surface area contributed by atoms with Crippen LogP contribution in [-0.4, -0.2) is 22.1 Å². The van der Waals surface area contributed by atoms with Gasteiger partial charge in [0.1, 0.15) is 6.10 Å². The highest BCUT2D eigenvalue weighted by Crippen LogP contribution is 2.32. The minimum atomic E-state index is -1.12. The fourth-order valence-corrected chi connectivity index (χ4v) is 1.77. The molecule has 3 nitrogen and oxygen atoms in total. The van der Waals surface area contributed by atoms with Gasteiger partial charge in [-0.05, 0) is 12.1 Å². The third-order valence-corrected chi connectivity index (χ3v) is 3.01. The predicted molar refractivity (Wildman–Crippen MR) is 65.7 cm³/mol. The number of benzene rings is 1. The van der Waals surface area contributed by atoms with Crippen LogP contribution in [0.15, 0.2) is 12.1 Å². The van der Waals surface area contributed by atoms with E-state index in [1.54, 1.807) is 0 Å². The zero-order valence-corrected chi connectivity index (χ0v) is 10.1. The molecule has 2 unspecified atom stereocenters. The Morgan fingerprint density at radius 1 is 1.27 bits per heavy atom. The Labute approximate surface area is 103 Å². The van der Waals surface area contributed by atoms with Crippen LogP contribution < -0.4 is 5.73 Å². The molecule has 0 amide bonds. The molecule has 15 heavy (non-hydrogen) atoms. The van der Waals surface area contributed by atoms with Crippen LogP contribution in [0.25, 0.3) is 0 Å². The van der Waals surface area contributed by atoms with Crippen LogP contribution in [0.3, 0.4) is 0 Å². The monoisotopic (exact) mass is 267 g/mol. The first kappa shape index (κ1) is 12.9. The van der Waals surface area contributed by atoms with Crippen molar-refractivity contribution in [1.82, 2.24) is 0 Å². The predicted octanol–water partition coefficient (Wildman–Crippen LogP) is 1.90. The van der Waals surface area contributed by atoms with Gasteiger partial charge in [-0.15, -0.1) is 0 Å². The van der Waals surface area contributed by atoms with Crippen molar-refractivity contribution in [2.75, 3.05) is 11.5 Å². The van der Waals surface area contributed by atoms with Gasteiger partial charge in [-0.25, -0.2) is 0 Å². The molecule has 0 aliphatic rings. The van der Waals surface area contributed by atoms with Gasteiger partial charge in [-0.3, -0.25) is 0 Å². The molecule has 0 bridgehead atoms. The van der Waals surface area contributed by atoms with E-state index in [9.17, 15) is 10.2 Å². The maximum absolute atomic E-state index is 9.70. The summed E-state index contributed by atoms with van der Waals surface area (Å²) >= 11 is 15.5. The number of aliphatic hydroxyl groups excluding tert-OH is 2. The summed E-state index contributed by atoms with van der Waals surface area (Å²) in [5.41, 5.74) is 6.20. The summed E-state index contributed by atoms with van der Waals surface area (Å²) in [6.07, 6.45) is -2.11. The SMILES string of the molecule is Nc1cc(Cl)c(C(O)C(O)CS)cc1Cl. The smallest absolute Gasteiger partial charge is 0.107 e. The number of hydrogen-bond donors (Lipinski definition) is 4. The third-order valence-electron chi connectivity index (χ3n) is 1.99. The van der Waals surface area contributed by atoms with Crippen molar-refractivity contribution in [3.63, 3.8) is 0 Å². The maximum atomic E-state index is 9.70. The van der Waals surface area contributed by atoms with Crippen LogP contribution in [0.5, 0.6) is 0 Å². The van der Waals surface area contributed by atoms with E-state index in [-0.39, 0.29) is 10.8 Å². The first-order valence-corrected chi connectivity index (χ1v) is 5.57. The number of anilines is 1. The van der Waals surface area contributed by atoms with E-state index in [4.69, 9.17) is 28.9 Å². The molecule has 1 aromatic carbocycles. The summed E-state index contributed by atoms with van der Waals surface area (Å²) in [4.78, 5) is 0. The van der Waals surface area contributed by atoms with Crippen molar-refractivity contribution in [1.29, 1.82) is 0 Å². The van der Waals surface area contributed by atoms with Crippen LogP contribution in [0, 0.1) is 0 Å². The van der Waals surface area contributed by atoms with Gasteiger partial charge in [-0.1, -0.05) is 23.2 Å². The molecule has 0 aliphatic carbocycles. The molecule has 1 rings (SSSR count). The number of aliphatic hydroxyl groups is 2. The first-order valence-electron chi connectivity index (χ1n) is 4.18. The van der Waals surface area contributed by atoms with E-state index in [1.165, 1.54) is 12.1 Å². The average molecular weight is 268 g/mol. The lowest BCUT2D eigenvalue weighted by Gasteiger charge is -2.18. The zero-order valence-electron chi connectivity index (χ0n) is 7.69. The molecule has 0 aromatic heterocycles. The van der Waals surface area contributed by atoms with E-state index in [2.05, 4.69) is 12.6 Å². The standard InChI is InChI=1S/C9H11Cl2NO2S/c10-5-2-7(12)6(11)1-4(5)9(14)8(13)3-15/h1-2,8-9,13-15H,3,12H2. The highest BCUT2D eigenvalue weighted by atomic mass is 35.5. The van der Waals surface area contributed by atoms with Crippen molar-refractivity contribution >= 4 is 41.5 Å². The molecule has 0 spiro atoms. The van der Waals surface area contributed by atoms with E-state index < -0.39 is 12.2 Å². The summed E-state index contributed by atoms with van der Waals surface area (Å²) in [6, 6.07) is 2.88. The van der Waals surface area contributed by atoms with Gasteiger partial charge in [0.15, 0.2) is 0 Å². The Balaban J connectivity index is 3.09. The Morgan fingerprint density at radius 3 is 2.40 bits per heavy atom. The highest BCUT2D eigenvalue weighted by Gasteiger charge is 2.20. The van der Waals surface area contributed by atoms with Crippen LogP contribution in [0.2, 0.25) is 10.0 Å². The van der Waals surface area contributed by atoms with Gasteiger partial charge >= 0.3 is 0 Å². The largest absolute Gasteiger partial charge is 0.397 e. The van der Waals surface area contributed by atoms with Gasteiger partial charge in [-0.2, -0.15) is 12.6 Å². The van der Waals surface area contributed by atoms with Gasteiger partial charge in [0.05, 0.1) is 16.8 Å². The molecule has 0 aliphatic heterocycles. The topological polar surface area (TPSA) is 66.5 Å². The quantitative estimate of drug-likeness (QED) is 0.500. The van der Waals surface area contributed by atoms with Crippen molar-refractivity contribution in [2.24, 2.45) is 0 Å². The van der Waals surface area contributed by atoms with Crippen LogP contribution in [-0.2, 0) is 0 Å². The molecule has 6 heteroatoms. The fraction of sp³-hybridized carbons (Fsp3) is 0.333. The van der Waals surface area contributed by atoms with Crippen molar-refractivity contribution in [2.45, 2.75) is 12.2 Å². The molecule has 0 saturated carbocycles. The second kappa shape index (κ2) is 5.27. The molecule has 0 radical (unpaired) electrons. The molecule has 0 heterocycles. The van der Waals surface area contributed by atoms with Gasteiger partial charge in [0.25, 0.3) is 0 Å². The minimum absolute atomic E-state index is 0.124. The molecular formula is C9H11Cl2NO2S. The molecule has 0 fully saturated rings. The lowest BCUT2D eigenvalue weighted by atomic mass is 10.0. The Bertz CT molecular complexity index is 362. The number of halogens is 2. The molecule has 2 atom stereocenters. The summed E-state index contributed by atoms with van der Waals surface area (Å²) in [5, 5.41) is 19.7. The molecule has 0 saturated heterocycles. The summed E-state index contributed by atoms with van der Waals surface area (Å²) < 4.78 is 0. The lowest BCUT2D eigenvalue weighted by Crippen LogP contribution is -2.20. The Kier molecular flexibility index (Phi) is 4.55. The first-order chi connectivity index (χ1) is 6.97. The average Bonchev–Trinajstić information content (AvgIpc) is 2.21.